The summed E-state index contributed by atoms with van der Waals surface area (Å²) in [6, 6.07) is 0. The molecule has 0 saturated heterocycles. The zero-order valence-corrected chi connectivity index (χ0v) is 14.9. The number of hydrogen-bond acceptors (Lipinski definition) is 4. The zero-order chi connectivity index (χ0) is 17.3. The van der Waals surface area contributed by atoms with Gasteiger partial charge in [-0.1, -0.05) is 0 Å². The fraction of sp³-hybridized carbons (Fsp3) is 0.500. The van der Waals surface area contributed by atoms with Gasteiger partial charge in [0.1, 0.15) is 0 Å². The van der Waals surface area contributed by atoms with Crippen molar-refractivity contribution < 1.29 is 4.79 Å². The first-order valence-electron chi connectivity index (χ1n) is 8.39. The van der Waals surface area contributed by atoms with E-state index in [-0.39, 0.29) is 5.91 Å². The molecule has 1 N–H and O–H groups in total. The zero-order valence-electron chi connectivity index (χ0n) is 14.9. The molecule has 1 amide bonds. The maximum Gasteiger partial charge on any atom is 0.253 e. The number of nitrogens with one attached hydrogen (secondary N) is 1. The van der Waals surface area contributed by atoms with Gasteiger partial charge in [-0.2, -0.15) is 5.10 Å². The second-order valence-corrected chi connectivity index (χ2v) is 6.59. The van der Waals surface area contributed by atoms with Gasteiger partial charge in [-0.15, -0.1) is 0 Å². The average Bonchev–Trinajstić information content (AvgIpc) is 2.80. The molecule has 0 aliphatic carbocycles. The summed E-state index contributed by atoms with van der Waals surface area (Å²) in [5, 5.41) is 7.46. The molecule has 0 radical (unpaired) electrons. The predicted molar refractivity (Wildman–Crippen MR) is 93.0 cm³/mol. The Kier molecular flexibility index (Phi) is 4.66. The minimum Gasteiger partial charge on any atom is -0.352 e. The van der Waals surface area contributed by atoms with Crippen LogP contribution in [0.25, 0.3) is 0 Å². The van der Waals surface area contributed by atoms with Gasteiger partial charge in [-0.05, 0) is 50.4 Å². The van der Waals surface area contributed by atoms with Gasteiger partial charge in [0, 0.05) is 44.8 Å². The molecule has 24 heavy (non-hydrogen) atoms. The van der Waals surface area contributed by atoms with Crippen molar-refractivity contribution in [1.82, 2.24) is 25.0 Å². The number of aryl methyl sites for hydroxylation is 2. The SMILES string of the molecule is Cc1nn(C)c(C)c1CCNC(=O)c1cncc2c1CCN(C)C2. The lowest BCUT2D eigenvalue weighted by Gasteiger charge is -2.26. The summed E-state index contributed by atoms with van der Waals surface area (Å²) < 4.78 is 1.89. The van der Waals surface area contributed by atoms with Crippen molar-refractivity contribution in [3.05, 3.63) is 46.0 Å². The fourth-order valence-electron chi connectivity index (χ4n) is 3.41. The van der Waals surface area contributed by atoms with Gasteiger partial charge >= 0.3 is 0 Å². The molecule has 0 spiro atoms. The number of nitrogens with zero attached hydrogens (tertiary/aromatic N) is 4. The van der Waals surface area contributed by atoms with Gasteiger partial charge < -0.3 is 10.2 Å². The van der Waals surface area contributed by atoms with Crippen LogP contribution in [-0.2, 0) is 26.4 Å². The first kappa shape index (κ1) is 16.6. The van der Waals surface area contributed by atoms with Gasteiger partial charge in [0.25, 0.3) is 5.91 Å². The molecule has 0 atom stereocenters. The molecule has 0 fully saturated rings. The minimum atomic E-state index is -0.0249. The monoisotopic (exact) mass is 327 g/mol. The number of carbonyl (C=O) groups is 1. The van der Waals surface area contributed by atoms with Gasteiger partial charge in [0.2, 0.25) is 0 Å². The number of fused-ring (bicyclic) bond motifs is 1. The van der Waals surface area contributed by atoms with Crippen molar-refractivity contribution in [1.29, 1.82) is 0 Å². The van der Waals surface area contributed by atoms with Crippen LogP contribution in [0.4, 0.5) is 0 Å². The summed E-state index contributed by atoms with van der Waals surface area (Å²) in [6.45, 7) is 6.52. The van der Waals surface area contributed by atoms with Gasteiger partial charge in [0.15, 0.2) is 0 Å². The van der Waals surface area contributed by atoms with E-state index in [1.54, 1.807) is 6.20 Å². The van der Waals surface area contributed by atoms with Crippen LogP contribution < -0.4 is 5.32 Å². The molecule has 0 saturated carbocycles. The highest BCUT2D eigenvalue weighted by Crippen LogP contribution is 2.20. The van der Waals surface area contributed by atoms with E-state index in [2.05, 4.69) is 34.3 Å². The van der Waals surface area contributed by atoms with Crippen LogP contribution in [0.2, 0.25) is 0 Å². The Morgan fingerprint density at radius 2 is 2.08 bits per heavy atom. The average molecular weight is 327 g/mol. The van der Waals surface area contributed by atoms with Crippen LogP contribution in [0.3, 0.4) is 0 Å². The first-order valence-corrected chi connectivity index (χ1v) is 8.39. The van der Waals surface area contributed by atoms with Gasteiger partial charge in [-0.25, -0.2) is 0 Å². The van der Waals surface area contributed by atoms with Crippen molar-refractivity contribution in [2.24, 2.45) is 7.05 Å². The predicted octanol–water partition coefficient (Wildman–Crippen LogP) is 1.39. The third-order valence-electron chi connectivity index (χ3n) is 4.89. The highest BCUT2D eigenvalue weighted by molar-refractivity contribution is 5.95. The second kappa shape index (κ2) is 6.73. The Morgan fingerprint density at radius 1 is 1.29 bits per heavy atom. The molecule has 0 unspecified atom stereocenters. The molecule has 6 nitrogen and oxygen atoms in total. The molecule has 1 aliphatic heterocycles. The van der Waals surface area contributed by atoms with Gasteiger partial charge in [-0.3, -0.25) is 14.5 Å². The lowest BCUT2D eigenvalue weighted by molar-refractivity contribution is 0.0952. The fourth-order valence-corrected chi connectivity index (χ4v) is 3.41. The summed E-state index contributed by atoms with van der Waals surface area (Å²) in [4.78, 5) is 19.1. The van der Waals surface area contributed by atoms with Crippen LogP contribution in [0, 0.1) is 13.8 Å². The molecular formula is C18H25N5O. The van der Waals surface area contributed by atoms with Crippen molar-refractivity contribution >= 4 is 5.91 Å². The summed E-state index contributed by atoms with van der Waals surface area (Å²) in [6.07, 6.45) is 5.27. The molecule has 6 heteroatoms. The number of carbonyl (C=O) groups excluding carboxylic acids is 1. The molecule has 0 aromatic carbocycles. The molecule has 1 aliphatic rings. The van der Waals surface area contributed by atoms with Crippen LogP contribution in [0.5, 0.6) is 0 Å². The highest BCUT2D eigenvalue weighted by Gasteiger charge is 2.20. The molecule has 2 aromatic heterocycles. The Morgan fingerprint density at radius 3 is 2.79 bits per heavy atom. The lowest BCUT2D eigenvalue weighted by atomic mass is 9.97. The number of amides is 1. The number of hydrogen-bond donors (Lipinski definition) is 1. The van der Waals surface area contributed by atoms with E-state index >= 15 is 0 Å². The van der Waals surface area contributed by atoms with Crippen LogP contribution >= 0.6 is 0 Å². The van der Waals surface area contributed by atoms with E-state index in [0.29, 0.717) is 6.54 Å². The van der Waals surface area contributed by atoms with Crippen molar-refractivity contribution in [2.45, 2.75) is 33.2 Å². The Hall–Kier alpha value is -2.21. The van der Waals surface area contributed by atoms with E-state index in [0.717, 1.165) is 54.0 Å². The molecule has 3 heterocycles. The van der Waals surface area contributed by atoms with E-state index in [4.69, 9.17) is 0 Å². The van der Waals surface area contributed by atoms with Crippen LogP contribution in [-0.4, -0.2) is 45.7 Å². The summed E-state index contributed by atoms with van der Waals surface area (Å²) in [5.74, 6) is -0.0249. The maximum absolute atomic E-state index is 12.6. The summed E-state index contributed by atoms with van der Waals surface area (Å²) in [7, 11) is 4.04. The molecule has 128 valence electrons. The molecular weight excluding hydrogens is 302 g/mol. The molecule has 3 rings (SSSR count). The Balaban J connectivity index is 1.67. The van der Waals surface area contributed by atoms with E-state index < -0.39 is 0 Å². The van der Waals surface area contributed by atoms with Crippen LogP contribution in [0.1, 0.15) is 38.4 Å². The number of pyridine rings is 1. The maximum atomic E-state index is 12.6. The number of rotatable bonds is 4. The van der Waals surface area contributed by atoms with Crippen molar-refractivity contribution in [2.75, 3.05) is 20.1 Å². The topological polar surface area (TPSA) is 63.1 Å². The van der Waals surface area contributed by atoms with Gasteiger partial charge in [0.05, 0.1) is 11.3 Å². The van der Waals surface area contributed by atoms with Crippen molar-refractivity contribution in [3.63, 3.8) is 0 Å². The quantitative estimate of drug-likeness (QED) is 0.922. The molecule has 2 aromatic rings. The Bertz CT molecular complexity index is 765. The summed E-state index contributed by atoms with van der Waals surface area (Å²) >= 11 is 0. The minimum absolute atomic E-state index is 0.0249. The molecule has 0 bridgehead atoms. The van der Waals surface area contributed by atoms with E-state index in [1.807, 2.05) is 24.9 Å². The normalized spacial score (nSPS) is 14.5. The summed E-state index contributed by atoms with van der Waals surface area (Å²) in [5.41, 5.74) is 6.44. The smallest absolute Gasteiger partial charge is 0.253 e. The van der Waals surface area contributed by atoms with Crippen molar-refractivity contribution in [3.8, 4) is 0 Å². The van der Waals surface area contributed by atoms with Crippen LogP contribution in [0.15, 0.2) is 12.4 Å². The second-order valence-electron chi connectivity index (χ2n) is 6.59. The van der Waals surface area contributed by atoms with E-state index in [1.165, 1.54) is 5.56 Å². The Labute approximate surface area is 142 Å². The standard InChI is InChI=1S/C18H25N5O/c1-12-15(13(2)23(4)21-12)5-7-20-18(24)17-10-19-9-14-11-22(3)8-6-16(14)17/h9-10H,5-8,11H2,1-4H3,(H,20,24). The third kappa shape index (κ3) is 3.19. The third-order valence-corrected chi connectivity index (χ3v) is 4.89. The van der Waals surface area contributed by atoms with E-state index in [9.17, 15) is 4.79 Å². The number of aromatic nitrogens is 3. The highest BCUT2D eigenvalue weighted by atomic mass is 16.1. The first-order chi connectivity index (χ1) is 11.5. The lowest BCUT2D eigenvalue weighted by Crippen LogP contribution is -2.31. The number of likely N-dealkylation sites (N-methyl/N-ethyl adjacent to an activating group) is 1. The largest absolute Gasteiger partial charge is 0.352 e.